The Bertz CT molecular complexity index is 371. The van der Waals surface area contributed by atoms with Gasteiger partial charge in [0, 0.05) is 13.0 Å². The first-order valence-corrected chi connectivity index (χ1v) is 5.08. The average Bonchev–Trinajstić information content (AvgIpc) is 2.28. The van der Waals surface area contributed by atoms with Gasteiger partial charge in [-0.2, -0.15) is 8.78 Å². The molecule has 1 aromatic rings. The van der Waals surface area contributed by atoms with Crippen LogP contribution < -0.4 is 10.1 Å². The van der Waals surface area contributed by atoms with Crippen molar-refractivity contribution < 1.29 is 23.4 Å². The highest BCUT2D eigenvalue weighted by molar-refractivity contribution is 5.92. The molecule has 0 bridgehead atoms. The summed E-state index contributed by atoms with van der Waals surface area (Å²) in [7, 11) is 0. The van der Waals surface area contributed by atoms with E-state index in [-0.39, 0.29) is 30.4 Å². The van der Waals surface area contributed by atoms with Gasteiger partial charge in [0.15, 0.2) is 0 Å². The van der Waals surface area contributed by atoms with E-state index in [4.69, 9.17) is 5.11 Å². The maximum absolute atomic E-state index is 12.1. The summed E-state index contributed by atoms with van der Waals surface area (Å²) in [6.07, 6.45) is 0.448. The van der Waals surface area contributed by atoms with E-state index in [1.54, 1.807) is 6.07 Å². The molecule has 1 rings (SSSR count). The highest BCUT2D eigenvalue weighted by atomic mass is 19.3. The minimum Gasteiger partial charge on any atom is -0.433 e. The number of alkyl halides is 2. The number of halogens is 2. The zero-order valence-corrected chi connectivity index (χ0v) is 9.03. The SMILES string of the molecule is O=C(CCCO)Nc1ccccc1OC(F)F. The van der Waals surface area contributed by atoms with Gasteiger partial charge in [-0.05, 0) is 18.6 Å². The first-order chi connectivity index (χ1) is 8.13. The van der Waals surface area contributed by atoms with Crippen molar-refractivity contribution in [2.24, 2.45) is 0 Å². The second-order valence-electron chi connectivity index (χ2n) is 3.25. The lowest BCUT2D eigenvalue weighted by Gasteiger charge is -2.11. The monoisotopic (exact) mass is 245 g/mol. The van der Waals surface area contributed by atoms with Crippen LogP contribution in [0.4, 0.5) is 14.5 Å². The van der Waals surface area contributed by atoms with Crippen LogP contribution in [-0.2, 0) is 4.79 Å². The van der Waals surface area contributed by atoms with Crippen LogP contribution in [0.5, 0.6) is 5.75 Å². The number of aliphatic hydroxyl groups is 1. The van der Waals surface area contributed by atoms with Crippen molar-refractivity contribution in [2.75, 3.05) is 11.9 Å². The molecule has 17 heavy (non-hydrogen) atoms. The number of aliphatic hydroxyl groups excluding tert-OH is 1. The Hall–Kier alpha value is -1.69. The fourth-order valence-electron chi connectivity index (χ4n) is 1.22. The van der Waals surface area contributed by atoms with Crippen LogP contribution in [0.25, 0.3) is 0 Å². The highest BCUT2D eigenvalue weighted by Gasteiger charge is 2.10. The number of hydrogen-bond donors (Lipinski definition) is 2. The Morgan fingerprint density at radius 1 is 1.41 bits per heavy atom. The van der Waals surface area contributed by atoms with Crippen molar-refractivity contribution in [3.8, 4) is 5.75 Å². The first kappa shape index (κ1) is 13.4. The van der Waals surface area contributed by atoms with Gasteiger partial charge >= 0.3 is 6.61 Å². The van der Waals surface area contributed by atoms with Gasteiger partial charge in [-0.25, -0.2) is 0 Å². The third kappa shape index (κ3) is 4.78. The van der Waals surface area contributed by atoms with Gasteiger partial charge in [-0.15, -0.1) is 0 Å². The highest BCUT2D eigenvalue weighted by Crippen LogP contribution is 2.25. The summed E-state index contributed by atoms with van der Waals surface area (Å²) >= 11 is 0. The predicted octanol–water partition coefficient (Wildman–Crippen LogP) is 2.00. The van der Waals surface area contributed by atoms with Crippen molar-refractivity contribution in [1.82, 2.24) is 0 Å². The molecule has 0 heterocycles. The quantitative estimate of drug-likeness (QED) is 0.805. The summed E-state index contributed by atoms with van der Waals surface area (Å²) in [5, 5.41) is 11.0. The van der Waals surface area contributed by atoms with E-state index in [1.165, 1.54) is 18.2 Å². The minimum atomic E-state index is -2.94. The number of amides is 1. The molecule has 1 amide bonds. The molecule has 0 atom stereocenters. The minimum absolute atomic E-state index is 0.0835. The summed E-state index contributed by atoms with van der Waals surface area (Å²) in [4.78, 5) is 11.3. The summed E-state index contributed by atoms with van der Waals surface area (Å²) in [5.74, 6) is -0.441. The zero-order valence-electron chi connectivity index (χ0n) is 9.03. The van der Waals surface area contributed by atoms with Crippen molar-refractivity contribution in [3.05, 3.63) is 24.3 Å². The number of hydrogen-bond acceptors (Lipinski definition) is 3. The second kappa shape index (κ2) is 6.80. The predicted molar refractivity (Wildman–Crippen MR) is 58.0 cm³/mol. The molecule has 1 aromatic carbocycles. The molecule has 0 saturated heterocycles. The van der Waals surface area contributed by atoms with E-state index in [1.807, 2.05) is 0 Å². The zero-order chi connectivity index (χ0) is 12.7. The second-order valence-corrected chi connectivity index (χ2v) is 3.25. The van der Waals surface area contributed by atoms with Crippen molar-refractivity contribution in [1.29, 1.82) is 0 Å². The number of carbonyl (C=O) groups excluding carboxylic acids is 1. The Morgan fingerprint density at radius 2 is 2.12 bits per heavy atom. The number of anilines is 1. The maximum atomic E-state index is 12.1. The van der Waals surface area contributed by atoms with Crippen molar-refractivity contribution >= 4 is 11.6 Å². The number of nitrogens with one attached hydrogen (secondary N) is 1. The number of benzene rings is 1. The van der Waals surface area contributed by atoms with Crippen molar-refractivity contribution in [2.45, 2.75) is 19.5 Å². The Morgan fingerprint density at radius 3 is 2.76 bits per heavy atom. The van der Waals surface area contributed by atoms with E-state index in [0.29, 0.717) is 6.42 Å². The number of para-hydroxylation sites is 2. The fourth-order valence-corrected chi connectivity index (χ4v) is 1.22. The van der Waals surface area contributed by atoms with Crippen LogP contribution in [0.2, 0.25) is 0 Å². The lowest BCUT2D eigenvalue weighted by molar-refractivity contribution is -0.116. The first-order valence-electron chi connectivity index (χ1n) is 5.08. The Kier molecular flexibility index (Phi) is 5.35. The van der Waals surface area contributed by atoms with Crippen LogP contribution in [0.15, 0.2) is 24.3 Å². The Labute approximate surface area is 97.2 Å². The molecule has 94 valence electrons. The van der Waals surface area contributed by atoms with Crippen LogP contribution >= 0.6 is 0 Å². The molecule has 0 spiro atoms. The summed E-state index contributed by atoms with van der Waals surface area (Å²) in [5.41, 5.74) is 0.190. The molecule has 0 aliphatic rings. The Balaban J connectivity index is 2.66. The van der Waals surface area contributed by atoms with Gasteiger partial charge in [0.05, 0.1) is 5.69 Å². The van der Waals surface area contributed by atoms with Crippen LogP contribution in [0.1, 0.15) is 12.8 Å². The van der Waals surface area contributed by atoms with E-state index in [2.05, 4.69) is 10.1 Å². The molecule has 0 aliphatic heterocycles. The molecule has 0 fully saturated rings. The molecule has 6 heteroatoms. The largest absolute Gasteiger partial charge is 0.433 e. The van der Waals surface area contributed by atoms with Gasteiger partial charge < -0.3 is 15.2 Å². The van der Waals surface area contributed by atoms with Crippen molar-refractivity contribution in [3.63, 3.8) is 0 Å². The van der Waals surface area contributed by atoms with E-state index < -0.39 is 6.61 Å². The lowest BCUT2D eigenvalue weighted by Crippen LogP contribution is -2.13. The molecule has 0 radical (unpaired) electrons. The number of ether oxygens (including phenoxy) is 1. The van der Waals surface area contributed by atoms with Gasteiger partial charge in [-0.3, -0.25) is 4.79 Å². The van der Waals surface area contributed by atoms with Crippen LogP contribution in [0, 0.1) is 0 Å². The normalized spacial score (nSPS) is 10.4. The molecule has 0 aromatic heterocycles. The molecular weight excluding hydrogens is 232 g/mol. The van der Waals surface area contributed by atoms with E-state index >= 15 is 0 Å². The smallest absolute Gasteiger partial charge is 0.387 e. The third-order valence-corrected chi connectivity index (χ3v) is 1.94. The molecule has 2 N–H and O–H groups in total. The topological polar surface area (TPSA) is 58.6 Å². The van der Waals surface area contributed by atoms with Gasteiger partial charge in [0.2, 0.25) is 5.91 Å². The molecular formula is C11H13F2NO3. The lowest BCUT2D eigenvalue weighted by atomic mass is 10.2. The summed E-state index contributed by atoms with van der Waals surface area (Å²) in [6, 6.07) is 5.93. The van der Waals surface area contributed by atoms with Gasteiger partial charge in [0.1, 0.15) is 5.75 Å². The van der Waals surface area contributed by atoms with Gasteiger partial charge in [-0.1, -0.05) is 12.1 Å². The van der Waals surface area contributed by atoms with Crippen LogP contribution in [0.3, 0.4) is 0 Å². The van der Waals surface area contributed by atoms with Gasteiger partial charge in [0.25, 0.3) is 0 Å². The van der Waals surface area contributed by atoms with Crippen LogP contribution in [-0.4, -0.2) is 24.2 Å². The molecule has 4 nitrogen and oxygen atoms in total. The summed E-state index contributed by atoms with van der Waals surface area (Å²) < 4.78 is 28.4. The molecule has 0 unspecified atom stereocenters. The molecule has 0 saturated carbocycles. The fraction of sp³-hybridized carbons (Fsp3) is 0.364. The third-order valence-electron chi connectivity index (χ3n) is 1.94. The van der Waals surface area contributed by atoms with E-state index in [9.17, 15) is 13.6 Å². The standard InChI is InChI=1S/C11H13F2NO3/c12-11(13)17-9-5-2-1-4-8(9)14-10(16)6-3-7-15/h1-2,4-5,11,15H,3,6-7H2,(H,14,16). The number of carbonyl (C=O) groups is 1. The summed E-state index contributed by atoms with van der Waals surface area (Å²) in [6.45, 7) is -3.03. The average molecular weight is 245 g/mol. The van der Waals surface area contributed by atoms with E-state index in [0.717, 1.165) is 0 Å². The molecule has 0 aliphatic carbocycles. The maximum Gasteiger partial charge on any atom is 0.387 e. The number of rotatable bonds is 6.